The first-order valence-electron chi connectivity index (χ1n) is 19.1. The van der Waals surface area contributed by atoms with E-state index in [0.717, 1.165) is 17.7 Å². The molecule has 2 heterocycles. The molecule has 5 unspecified atom stereocenters. The van der Waals surface area contributed by atoms with Gasteiger partial charge in [-0.2, -0.15) is 32.3 Å². The molecule has 340 valence electrons. The van der Waals surface area contributed by atoms with Gasteiger partial charge in [-0.05, 0) is 32.3 Å². The molecule has 8 atom stereocenters. The molecule has 0 aromatic rings. The summed E-state index contributed by atoms with van der Waals surface area (Å²) in [4.78, 5) is 87.7. The number of ether oxygens (including phenoxy) is 4. The van der Waals surface area contributed by atoms with Crippen molar-refractivity contribution in [3.8, 4) is 0 Å². The number of aliphatic imine (C=N–C) groups is 1. The lowest BCUT2D eigenvalue weighted by molar-refractivity contribution is -0.163. The summed E-state index contributed by atoms with van der Waals surface area (Å²) >= 11 is 3.23. The van der Waals surface area contributed by atoms with E-state index in [1.807, 2.05) is 6.92 Å². The average molecular weight is 918 g/mol. The minimum absolute atomic E-state index is 0.0436. The molecule has 3 aliphatic rings. The molecule has 1 saturated carbocycles. The monoisotopic (exact) mass is 917 g/mol. The molecule has 60 heavy (non-hydrogen) atoms. The van der Waals surface area contributed by atoms with Gasteiger partial charge in [-0.3, -0.25) is 28.5 Å². The summed E-state index contributed by atoms with van der Waals surface area (Å²) in [7, 11) is -5.03. The summed E-state index contributed by atoms with van der Waals surface area (Å²) in [5, 5.41) is 13.2. The number of phosphoric acid groups is 1. The van der Waals surface area contributed by atoms with Gasteiger partial charge in [-0.15, -0.1) is 0 Å². The molecule has 7 N–H and O–H groups in total. The fourth-order valence-corrected chi connectivity index (χ4v) is 9.60. The maximum atomic E-state index is 14.7. The van der Waals surface area contributed by atoms with E-state index in [9.17, 15) is 52.1 Å². The fourth-order valence-electron chi connectivity index (χ4n) is 5.60. The van der Waals surface area contributed by atoms with Crippen LogP contribution in [0, 0.1) is 11.8 Å². The number of thioether (sulfide) groups is 2. The number of carbonyl (C=O) groups is 6. The molecule has 0 bridgehead atoms. The lowest BCUT2D eigenvalue weighted by atomic mass is 9.99. The molecule has 0 aromatic carbocycles. The predicted molar refractivity (Wildman–Crippen MR) is 212 cm³/mol. The average Bonchev–Trinajstić information content (AvgIpc) is 3.40. The zero-order valence-electron chi connectivity index (χ0n) is 33.3. The Hall–Kier alpha value is -3.22. The van der Waals surface area contributed by atoms with Gasteiger partial charge in [0, 0.05) is 59.9 Å². The standard InChI is InChI=1S/C35H54F2N5O15PS2/c1-3-22(32(39)48)17-59-26-4-5-27(26)60-18-23(14-24(44)9-13-52-12-8-21(2)43)33(49)40-10-6-29(45)53-16-30(46)54-20-56-58(50,51)55-15-25-31(47)35(36,37)34(57-25)42-11-7-28(38)41-19-42/h7,11,22-23,25-27,31,34,47H,3-6,8-10,12-20H2,1-2H3,(H2,38,41)(H2,39,48)(H,40,49)(H,50,51)/t22?,23?,25-,26?,27?,31-,34-/m1/s1. The van der Waals surface area contributed by atoms with Crippen molar-refractivity contribution in [1.82, 2.24) is 10.2 Å². The molecular weight excluding hydrogens is 864 g/mol. The van der Waals surface area contributed by atoms with Crippen LogP contribution >= 0.6 is 31.3 Å². The number of Topliss-reactive ketones (excluding diaryl/α,β-unsaturated/α-hetero) is 2. The largest absolute Gasteiger partial charge is 0.475 e. The van der Waals surface area contributed by atoms with Gasteiger partial charge in [0.15, 0.2) is 18.9 Å². The summed E-state index contributed by atoms with van der Waals surface area (Å²) < 4.78 is 70.6. The number of amides is 2. The van der Waals surface area contributed by atoms with Crippen LogP contribution in [-0.2, 0) is 61.3 Å². The quantitative estimate of drug-likeness (QED) is 0.0303. The number of ketones is 2. The number of carbonyl (C=O) groups excluding carboxylic acids is 6. The molecule has 1 saturated heterocycles. The van der Waals surface area contributed by atoms with Gasteiger partial charge in [-0.1, -0.05) is 6.92 Å². The van der Waals surface area contributed by atoms with Crippen molar-refractivity contribution in [3.63, 3.8) is 0 Å². The van der Waals surface area contributed by atoms with Crippen LogP contribution in [0.15, 0.2) is 17.3 Å². The number of phosphoric ester groups is 1. The minimum Gasteiger partial charge on any atom is -0.454 e. The highest BCUT2D eigenvalue weighted by Crippen LogP contribution is 2.46. The van der Waals surface area contributed by atoms with Crippen LogP contribution in [0.3, 0.4) is 0 Å². The van der Waals surface area contributed by atoms with Crippen molar-refractivity contribution in [3.05, 3.63) is 12.3 Å². The third-order valence-electron chi connectivity index (χ3n) is 9.39. The fraction of sp³-hybridized carbons (Fsp3) is 0.743. The molecule has 2 fully saturated rings. The zero-order chi connectivity index (χ0) is 44.5. The second kappa shape index (κ2) is 25.0. The summed E-state index contributed by atoms with van der Waals surface area (Å²) in [6.45, 7) is 0.00514. The maximum Gasteiger partial charge on any atom is 0.475 e. The van der Waals surface area contributed by atoms with Crippen molar-refractivity contribution in [1.29, 1.82) is 0 Å². The minimum atomic E-state index is -5.03. The Balaban J connectivity index is 1.37. The third kappa shape index (κ3) is 17.3. The number of aliphatic hydroxyl groups excluding tert-OH is 1. The smallest absolute Gasteiger partial charge is 0.454 e. The van der Waals surface area contributed by atoms with Crippen LogP contribution in [0.5, 0.6) is 0 Å². The Morgan fingerprint density at radius 3 is 2.32 bits per heavy atom. The Bertz CT molecular complexity index is 1610. The number of hydrogen-bond donors (Lipinski definition) is 5. The number of amidine groups is 1. The number of esters is 2. The van der Waals surface area contributed by atoms with E-state index in [1.165, 1.54) is 19.2 Å². The second-order valence-corrected chi connectivity index (χ2v) is 18.0. The highest BCUT2D eigenvalue weighted by Gasteiger charge is 2.60. The molecule has 2 amide bonds. The Kier molecular flexibility index (Phi) is 21.3. The first kappa shape index (κ1) is 51.1. The van der Waals surface area contributed by atoms with Crippen molar-refractivity contribution in [2.75, 3.05) is 57.9 Å². The SMILES string of the molecule is CCC(CSC1CCC1SCC(CC(=O)CCOCCC(C)=O)C(=O)NCCC(=O)OCC(=O)OCOP(=O)(O)OC[C@H]1O[C@@H](N2C=CC(N)=NC2)C(F)(F)[C@@H]1O)C(N)=O. The first-order chi connectivity index (χ1) is 28.3. The molecular formula is C35H54F2N5O15PS2. The Morgan fingerprint density at radius 2 is 1.72 bits per heavy atom. The van der Waals surface area contributed by atoms with Gasteiger partial charge < -0.3 is 50.6 Å². The Morgan fingerprint density at radius 1 is 1.05 bits per heavy atom. The number of nitrogens with zero attached hydrogens (tertiary/aromatic N) is 2. The van der Waals surface area contributed by atoms with E-state index in [4.69, 9.17) is 25.7 Å². The van der Waals surface area contributed by atoms with Gasteiger partial charge in [0.2, 0.25) is 18.6 Å². The van der Waals surface area contributed by atoms with E-state index in [1.54, 1.807) is 23.5 Å². The number of aliphatic hydroxyl groups is 1. The molecule has 25 heteroatoms. The van der Waals surface area contributed by atoms with Crippen LogP contribution < -0.4 is 16.8 Å². The maximum absolute atomic E-state index is 14.7. The van der Waals surface area contributed by atoms with Crippen molar-refractivity contribution in [2.45, 2.75) is 93.7 Å². The van der Waals surface area contributed by atoms with Crippen LogP contribution in [0.2, 0.25) is 0 Å². The van der Waals surface area contributed by atoms with Crippen molar-refractivity contribution >= 4 is 72.5 Å². The van der Waals surface area contributed by atoms with Gasteiger partial charge in [-0.25, -0.2) is 18.9 Å². The highest BCUT2D eigenvalue weighted by molar-refractivity contribution is 8.04. The molecule has 1 aliphatic carbocycles. The first-order valence-corrected chi connectivity index (χ1v) is 22.7. The summed E-state index contributed by atoms with van der Waals surface area (Å²) in [6.07, 6.45) is -1.44. The van der Waals surface area contributed by atoms with E-state index in [-0.39, 0.29) is 91.8 Å². The predicted octanol–water partition coefficient (Wildman–Crippen LogP) is 1.01. The normalized spacial score (nSPS) is 24.0. The number of nitrogens with two attached hydrogens (primary N) is 2. The van der Waals surface area contributed by atoms with E-state index in [0.29, 0.717) is 17.9 Å². The van der Waals surface area contributed by atoms with E-state index < -0.39 is 76.0 Å². The molecule has 0 radical (unpaired) electrons. The molecule has 3 rings (SSSR count). The topological polar surface area (TPSA) is 295 Å². The van der Waals surface area contributed by atoms with Crippen LogP contribution in [0.4, 0.5) is 8.78 Å². The summed E-state index contributed by atoms with van der Waals surface area (Å²) in [6, 6.07) is 0. The van der Waals surface area contributed by atoms with Crippen molar-refractivity contribution < 1.29 is 80.1 Å². The number of nitrogens with one attached hydrogen (secondary N) is 1. The molecule has 20 nitrogen and oxygen atoms in total. The highest BCUT2D eigenvalue weighted by atomic mass is 32.2. The number of primary amides is 1. The van der Waals surface area contributed by atoms with Crippen molar-refractivity contribution in [2.24, 2.45) is 28.3 Å². The summed E-state index contributed by atoms with van der Waals surface area (Å²) in [5.74, 6) is -6.97. The number of hydrogen-bond acceptors (Lipinski definition) is 19. The van der Waals surface area contributed by atoms with Gasteiger partial charge in [0.05, 0.1) is 32.2 Å². The zero-order valence-corrected chi connectivity index (χ0v) is 35.8. The lowest BCUT2D eigenvalue weighted by Crippen LogP contribution is -2.48. The molecule has 0 spiro atoms. The van der Waals surface area contributed by atoms with E-state index >= 15 is 0 Å². The third-order valence-corrected chi connectivity index (χ3v) is 13.6. The summed E-state index contributed by atoms with van der Waals surface area (Å²) in [5.41, 5.74) is 11.0. The lowest BCUT2D eigenvalue weighted by Gasteiger charge is -2.37. The van der Waals surface area contributed by atoms with Crippen LogP contribution in [-0.4, -0.2) is 149 Å². The van der Waals surface area contributed by atoms with E-state index in [2.05, 4.69) is 24.1 Å². The molecule has 0 aromatic heterocycles. The Labute approximate surface area is 354 Å². The number of rotatable bonds is 29. The van der Waals surface area contributed by atoms with Gasteiger partial charge in [0.1, 0.15) is 30.2 Å². The second-order valence-electron chi connectivity index (χ2n) is 14.0. The number of halogens is 2. The number of alkyl halides is 2. The van der Waals surface area contributed by atoms with Gasteiger partial charge >= 0.3 is 25.7 Å². The molecule has 2 aliphatic heterocycles. The van der Waals surface area contributed by atoms with Gasteiger partial charge in [0.25, 0.3) is 0 Å². The van der Waals surface area contributed by atoms with Crippen LogP contribution in [0.25, 0.3) is 0 Å². The van der Waals surface area contributed by atoms with Crippen LogP contribution in [0.1, 0.15) is 58.8 Å².